The molecule has 78 valence electrons. The van der Waals surface area contributed by atoms with Crippen molar-refractivity contribution in [2.24, 2.45) is 0 Å². The van der Waals surface area contributed by atoms with Gasteiger partial charge in [-0.3, -0.25) is 4.40 Å². The first-order valence-electron chi connectivity index (χ1n) is 5.11. The van der Waals surface area contributed by atoms with Crippen molar-refractivity contribution < 1.29 is 0 Å². The van der Waals surface area contributed by atoms with Crippen molar-refractivity contribution >= 4 is 27.4 Å². The van der Waals surface area contributed by atoms with Crippen LogP contribution >= 0.6 is 15.9 Å². The predicted molar refractivity (Wildman–Crippen MR) is 64.0 cm³/mol. The summed E-state index contributed by atoms with van der Waals surface area (Å²) >= 11 is 3.51. The van der Waals surface area contributed by atoms with Gasteiger partial charge in [-0.2, -0.15) is 0 Å². The van der Waals surface area contributed by atoms with Gasteiger partial charge in [0.2, 0.25) is 0 Å². The Morgan fingerprint density at radius 1 is 1.47 bits per heavy atom. The number of fused-ring (bicyclic) bond motifs is 1. The van der Waals surface area contributed by atoms with Crippen molar-refractivity contribution in [2.75, 3.05) is 5.73 Å². The first kappa shape index (κ1) is 9.21. The number of pyridine rings is 1. The minimum absolute atomic E-state index is 0.600. The maximum Gasteiger partial charge on any atom is 0.138 e. The van der Waals surface area contributed by atoms with Gasteiger partial charge in [-0.25, -0.2) is 4.98 Å². The van der Waals surface area contributed by atoms with Crippen LogP contribution in [-0.4, -0.2) is 9.38 Å². The van der Waals surface area contributed by atoms with Crippen molar-refractivity contribution in [3.63, 3.8) is 0 Å². The summed E-state index contributed by atoms with van der Waals surface area (Å²) in [6, 6.07) is 4.02. The molecular formula is C11H12BrN3. The second-order valence-corrected chi connectivity index (χ2v) is 4.97. The molecule has 2 heterocycles. The van der Waals surface area contributed by atoms with Gasteiger partial charge in [-0.1, -0.05) is 0 Å². The Kier molecular flexibility index (Phi) is 1.83. The van der Waals surface area contributed by atoms with E-state index >= 15 is 0 Å². The summed E-state index contributed by atoms with van der Waals surface area (Å²) in [6.07, 6.45) is 2.46. The van der Waals surface area contributed by atoms with Crippen LogP contribution in [0.15, 0.2) is 16.6 Å². The molecule has 0 amide bonds. The SMILES string of the molecule is Cc1c(Br)ccc2nc(C3CC3)c(N)n12. The van der Waals surface area contributed by atoms with Crippen molar-refractivity contribution in [3.8, 4) is 0 Å². The van der Waals surface area contributed by atoms with E-state index in [0.29, 0.717) is 5.92 Å². The van der Waals surface area contributed by atoms with Crippen LogP contribution in [0.25, 0.3) is 5.65 Å². The molecule has 0 bridgehead atoms. The average Bonchev–Trinajstić information content (AvgIpc) is 2.98. The van der Waals surface area contributed by atoms with Crippen LogP contribution in [-0.2, 0) is 0 Å². The molecule has 0 aliphatic heterocycles. The molecule has 1 fully saturated rings. The van der Waals surface area contributed by atoms with Crippen LogP contribution in [0.4, 0.5) is 5.82 Å². The van der Waals surface area contributed by atoms with E-state index in [1.807, 2.05) is 23.5 Å². The van der Waals surface area contributed by atoms with Gasteiger partial charge in [0.1, 0.15) is 11.5 Å². The highest BCUT2D eigenvalue weighted by molar-refractivity contribution is 9.10. The second kappa shape index (κ2) is 2.98. The zero-order chi connectivity index (χ0) is 10.6. The molecule has 0 saturated heterocycles. The average molecular weight is 266 g/mol. The Balaban J connectivity index is 2.35. The summed E-state index contributed by atoms with van der Waals surface area (Å²) in [5.41, 5.74) is 9.28. The van der Waals surface area contributed by atoms with E-state index in [1.54, 1.807) is 0 Å². The molecule has 0 unspecified atom stereocenters. The zero-order valence-corrected chi connectivity index (χ0v) is 10.1. The first-order chi connectivity index (χ1) is 7.18. The quantitative estimate of drug-likeness (QED) is 0.862. The molecule has 15 heavy (non-hydrogen) atoms. The number of imidazole rings is 1. The topological polar surface area (TPSA) is 43.3 Å². The Labute approximate surface area is 96.4 Å². The number of aryl methyl sites for hydroxylation is 1. The van der Waals surface area contributed by atoms with Gasteiger partial charge in [0.05, 0.1) is 5.69 Å². The largest absolute Gasteiger partial charge is 0.383 e. The zero-order valence-electron chi connectivity index (χ0n) is 8.50. The molecule has 0 radical (unpaired) electrons. The Morgan fingerprint density at radius 3 is 2.87 bits per heavy atom. The molecular weight excluding hydrogens is 254 g/mol. The Hall–Kier alpha value is -1.03. The van der Waals surface area contributed by atoms with Crippen molar-refractivity contribution in [2.45, 2.75) is 25.7 Å². The minimum Gasteiger partial charge on any atom is -0.383 e. The highest BCUT2D eigenvalue weighted by Crippen LogP contribution is 2.42. The Morgan fingerprint density at radius 2 is 2.20 bits per heavy atom. The van der Waals surface area contributed by atoms with Crippen LogP contribution in [0.1, 0.15) is 30.1 Å². The minimum atomic E-state index is 0.600. The second-order valence-electron chi connectivity index (χ2n) is 4.12. The molecule has 0 atom stereocenters. The number of rotatable bonds is 1. The van der Waals surface area contributed by atoms with E-state index in [0.717, 1.165) is 27.3 Å². The van der Waals surface area contributed by atoms with Gasteiger partial charge in [0.15, 0.2) is 0 Å². The fourth-order valence-electron chi connectivity index (χ4n) is 1.97. The lowest BCUT2D eigenvalue weighted by molar-refractivity contribution is 1.05. The van der Waals surface area contributed by atoms with Crippen LogP contribution in [0, 0.1) is 6.92 Å². The van der Waals surface area contributed by atoms with E-state index in [4.69, 9.17) is 5.73 Å². The van der Waals surface area contributed by atoms with Gasteiger partial charge in [0.25, 0.3) is 0 Å². The van der Waals surface area contributed by atoms with E-state index in [1.165, 1.54) is 12.8 Å². The smallest absolute Gasteiger partial charge is 0.138 e. The molecule has 3 nitrogen and oxygen atoms in total. The van der Waals surface area contributed by atoms with Gasteiger partial charge in [0, 0.05) is 16.1 Å². The van der Waals surface area contributed by atoms with E-state index in [2.05, 4.69) is 20.9 Å². The highest BCUT2D eigenvalue weighted by atomic mass is 79.9. The lowest BCUT2D eigenvalue weighted by Crippen LogP contribution is -1.99. The maximum atomic E-state index is 6.13. The van der Waals surface area contributed by atoms with Gasteiger partial charge < -0.3 is 5.73 Å². The number of aromatic nitrogens is 2. The van der Waals surface area contributed by atoms with Crippen LogP contribution in [0.3, 0.4) is 0 Å². The fourth-order valence-corrected chi connectivity index (χ4v) is 2.27. The first-order valence-corrected chi connectivity index (χ1v) is 5.90. The third-order valence-electron chi connectivity index (χ3n) is 2.99. The van der Waals surface area contributed by atoms with Crippen LogP contribution in [0.5, 0.6) is 0 Å². The summed E-state index contributed by atoms with van der Waals surface area (Å²) < 4.78 is 3.10. The number of halogens is 1. The Bertz CT molecular complexity index is 540. The molecule has 2 N–H and O–H groups in total. The molecule has 2 aromatic rings. The fraction of sp³-hybridized carbons (Fsp3) is 0.364. The van der Waals surface area contributed by atoms with E-state index in [-0.39, 0.29) is 0 Å². The molecule has 0 aromatic carbocycles. The number of nitrogens with zero attached hydrogens (tertiary/aromatic N) is 2. The van der Waals surface area contributed by atoms with Crippen molar-refractivity contribution in [1.29, 1.82) is 0 Å². The summed E-state index contributed by atoms with van der Waals surface area (Å²) in [4.78, 5) is 4.59. The van der Waals surface area contributed by atoms with E-state index in [9.17, 15) is 0 Å². The van der Waals surface area contributed by atoms with E-state index < -0.39 is 0 Å². The number of nitrogen functional groups attached to an aromatic ring is 1. The highest BCUT2D eigenvalue weighted by Gasteiger charge is 2.29. The molecule has 1 aliphatic rings. The molecule has 2 aromatic heterocycles. The monoisotopic (exact) mass is 265 g/mol. The third kappa shape index (κ3) is 1.28. The van der Waals surface area contributed by atoms with Crippen molar-refractivity contribution in [1.82, 2.24) is 9.38 Å². The van der Waals surface area contributed by atoms with Gasteiger partial charge in [-0.15, -0.1) is 0 Å². The maximum absolute atomic E-state index is 6.13. The number of hydrogen-bond donors (Lipinski definition) is 1. The molecule has 1 saturated carbocycles. The van der Waals surface area contributed by atoms with Gasteiger partial charge >= 0.3 is 0 Å². The molecule has 0 spiro atoms. The lowest BCUT2D eigenvalue weighted by Gasteiger charge is -2.04. The summed E-state index contributed by atoms with van der Waals surface area (Å²) in [7, 11) is 0. The summed E-state index contributed by atoms with van der Waals surface area (Å²) in [6.45, 7) is 2.05. The number of nitrogens with two attached hydrogens (primary N) is 1. The van der Waals surface area contributed by atoms with Crippen LogP contribution < -0.4 is 5.73 Å². The van der Waals surface area contributed by atoms with Crippen LogP contribution in [0.2, 0.25) is 0 Å². The normalized spacial score (nSPS) is 16.1. The number of anilines is 1. The summed E-state index contributed by atoms with van der Waals surface area (Å²) in [5, 5.41) is 0. The predicted octanol–water partition coefficient (Wildman–Crippen LogP) is 2.86. The lowest BCUT2D eigenvalue weighted by atomic mass is 10.3. The molecule has 3 rings (SSSR count). The summed E-state index contributed by atoms with van der Waals surface area (Å²) in [5.74, 6) is 1.41. The standard InChI is InChI=1S/C11H12BrN3/c1-6-8(12)4-5-9-14-10(7-2-3-7)11(13)15(6)9/h4-5,7H,2-3,13H2,1H3. The molecule has 4 heteroatoms. The third-order valence-corrected chi connectivity index (χ3v) is 3.83. The number of hydrogen-bond acceptors (Lipinski definition) is 2. The molecule has 1 aliphatic carbocycles. The van der Waals surface area contributed by atoms with Gasteiger partial charge in [-0.05, 0) is 47.8 Å². The van der Waals surface area contributed by atoms with Crippen molar-refractivity contribution in [3.05, 3.63) is 28.0 Å².